The fraction of sp³-hybridized carbons (Fsp3) is 0.920. The second kappa shape index (κ2) is 10.1. The third kappa shape index (κ3) is 7.64. The molecule has 33 heavy (non-hydrogen) atoms. The van der Waals surface area contributed by atoms with E-state index in [0.29, 0.717) is 13.0 Å². The summed E-state index contributed by atoms with van der Waals surface area (Å²) in [4.78, 5) is 28.6. The first-order chi connectivity index (χ1) is 14.5. The van der Waals surface area contributed by atoms with Crippen molar-refractivity contribution in [2.45, 2.75) is 142 Å². The lowest BCUT2D eigenvalue weighted by molar-refractivity contribution is -0.141. The summed E-state index contributed by atoms with van der Waals surface area (Å²) in [6, 6.07) is -0.688. The number of nitrogens with zero attached hydrogens (tertiary/aromatic N) is 1. The van der Waals surface area contributed by atoms with E-state index in [1.54, 1.807) is 4.90 Å². The van der Waals surface area contributed by atoms with Gasteiger partial charge in [0.1, 0.15) is 12.1 Å². The van der Waals surface area contributed by atoms with Crippen LogP contribution in [0.15, 0.2) is 0 Å². The Kier molecular flexibility index (Phi) is 9.29. The van der Waals surface area contributed by atoms with Gasteiger partial charge in [0.2, 0.25) is 11.8 Å². The van der Waals surface area contributed by atoms with E-state index in [-0.39, 0.29) is 28.0 Å². The average molecular weight is 501 g/mol. The molecule has 0 aromatic heterocycles. The van der Waals surface area contributed by atoms with E-state index in [4.69, 9.17) is 8.85 Å². The van der Waals surface area contributed by atoms with Crippen molar-refractivity contribution in [1.29, 1.82) is 0 Å². The van der Waals surface area contributed by atoms with Gasteiger partial charge in [0.05, 0.1) is 6.10 Å². The van der Waals surface area contributed by atoms with Crippen molar-refractivity contribution in [3.05, 3.63) is 0 Å². The molecule has 1 aliphatic heterocycles. The van der Waals surface area contributed by atoms with Crippen LogP contribution in [0.3, 0.4) is 0 Å². The molecule has 1 rings (SSSR count). The molecule has 0 aromatic carbocycles. The zero-order valence-corrected chi connectivity index (χ0v) is 25.9. The van der Waals surface area contributed by atoms with Gasteiger partial charge in [0.15, 0.2) is 16.6 Å². The smallest absolute Gasteiger partial charge is 0.245 e. The summed E-state index contributed by atoms with van der Waals surface area (Å²) in [5.41, 5.74) is -0.406. The Morgan fingerprint density at radius 3 is 1.73 bits per heavy atom. The first-order valence-corrected chi connectivity index (χ1v) is 18.3. The predicted octanol–water partition coefficient (Wildman–Crippen LogP) is 5.69. The number of likely N-dealkylation sites (tertiary alicyclic amines) is 1. The molecule has 0 saturated carbocycles. The Morgan fingerprint density at radius 2 is 1.33 bits per heavy atom. The van der Waals surface area contributed by atoms with Crippen LogP contribution < -0.4 is 5.32 Å². The Balaban J connectivity index is 3.55. The minimum atomic E-state index is -2.24. The van der Waals surface area contributed by atoms with Crippen molar-refractivity contribution in [3.63, 3.8) is 0 Å². The maximum absolute atomic E-state index is 13.6. The molecule has 0 spiro atoms. The van der Waals surface area contributed by atoms with Crippen LogP contribution >= 0.6 is 0 Å². The minimum absolute atomic E-state index is 0.00304. The zero-order valence-electron chi connectivity index (χ0n) is 23.9. The molecule has 1 heterocycles. The molecule has 1 aliphatic rings. The largest absolute Gasteiger partial charge is 0.409 e. The molecular formula is C25H52N2O4Si2. The van der Waals surface area contributed by atoms with E-state index in [9.17, 15) is 9.59 Å². The number of carbonyl (C=O) groups excluding carboxylic acids is 2. The van der Waals surface area contributed by atoms with Gasteiger partial charge in [0.25, 0.3) is 0 Å². The normalized spacial score (nSPS) is 23.1. The third-order valence-corrected chi connectivity index (χ3v) is 16.4. The van der Waals surface area contributed by atoms with Gasteiger partial charge in [-0.05, 0) is 63.5 Å². The average Bonchev–Trinajstić information content (AvgIpc) is 2.88. The van der Waals surface area contributed by atoms with Crippen LogP contribution in [0.5, 0.6) is 0 Å². The quantitative estimate of drug-likeness (QED) is 0.456. The standard InChI is InChI=1S/C25H52N2O4Si2/c1-15-16-19(28)27-17-18(30-32(11,12)24(5,6)7)21(31-33(13,14)25(8,9)10)20(27)22(29)26-23(2,3)4/h18,20-21H,15-17H2,1-14H3,(H,26,29)/t18-,20?,21+/m0/s1. The molecule has 1 N–H and O–H groups in total. The maximum atomic E-state index is 13.6. The van der Waals surface area contributed by atoms with Crippen molar-refractivity contribution in [2.24, 2.45) is 0 Å². The first kappa shape index (κ1) is 30.3. The molecular weight excluding hydrogens is 448 g/mol. The van der Waals surface area contributed by atoms with Crippen LogP contribution in [0.2, 0.25) is 36.3 Å². The molecule has 1 fully saturated rings. The highest BCUT2D eigenvalue weighted by molar-refractivity contribution is 6.74. The number of amides is 2. The topological polar surface area (TPSA) is 67.9 Å². The molecule has 2 amide bonds. The predicted molar refractivity (Wildman–Crippen MR) is 142 cm³/mol. The van der Waals surface area contributed by atoms with Crippen molar-refractivity contribution >= 4 is 28.4 Å². The molecule has 3 atom stereocenters. The van der Waals surface area contributed by atoms with Crippen LogP contribution in [0.4, 0.5) is 0 Å². The highest BCUT2D eigenvalue weighted by atomic mass is 28.4. The van der Waals surface area contributed by atoms with E-state index in [0.717, 1.165) is 6.42 Å². The monoisotopic (exact) mass is 500 g/mol. The molecule has 0 aliphatic carbocycles. The Labute approximate surface area is 205 Å². The van der Waals surface area contributed by atoms with Gasteiger partial charge in [-0.3, -0.25) is 9.59 Å². The lowest BCUT2D eigenvalue weighted by Crippen LogP contribution is -2.58. The SMILES string of the molecule is CCCC(=O)N1C[C@H](O[Si](C)(C)C(C)(C)C)[C@@H](O[Si](C)(C)C(C)(C)C)C1C(=O)NC(C)(C)C. The Bertz CT molecular complexity index is 703. The first-order valence-electron chi connectivity index (χ1n) is 12.5. The lowest BCUT2D eigenvalue weighted by Gasteiger charge is -2.43. The Morgan fingerprint density at radius 1 is 0.879 bits per heavy atom. The third-order valence-electron chi connectivity index (χ3n) is 7.43. The van der Waals surface area contributed by atoms with Gasteiger partial charge < -0.3 is 19.1 Å². The van der Waals surface area contributed by atoms with Gasteiger partial charge in [-0.2, -0.15) is 0 Å². The van der Waals surface area contributed by atoms with E-state index >= 15 is 0 Å². The molecule has 6 nitrogen and oxygen atoms in total. The maximum Gasteiger partial charge on any atom is 0.245 e. The van der Waals surface area contributed by atoms with Gasteiger partial charge in [-0.25, -0.2) is 0 Å². The summed E-state index contributed by atoms with van der Waals surface area (Å²) in [6.45, 7) is 30.3. The molecule has 8 heteroatoms. The number of carbonyl (C=O) groups is 2. The summed E-state index contributed by atoms with van der Waals surface area (Å²) < 4.78 is 13.8. The molecule has 194 valence electrons. The summed E-state index contributed by atoms with van der Waals surface area (Å²) >= 11 is 0. The second-order valence-corrected chi connectivity index (χ2v) is 23.3. The van der Waals surface area contributed by atoms with Crippen molar-refractivity contribution in [1.82, 2.24) is 10.2 Å². The molecule has 1 unspecified atom stereocenters. The second-order valence-electron chi connectivity index (χ2n) is 13.7. The summed E-state index contributed by atoms with van der Waals surface area (Å²) in [5.74, 6) is -0.159. The molecule has 0 radical (unpaired) electrons. The highest BCUT2D eigenvalue weighted by Gasteiger charge is 2.55. The fourth-order valence-electron chi connectivity index (χ4n) is 3.46. The van der Waals surface area contributed by atoms with Crippen LogP contribution in [-0.4, -0.2) is 63.7 Å². The van der Waals surface area contributed by atoms with Crippen LogP contribution in [0.1, 0.15) is 82.1 Å². The number of hydrogen-bond acceptors (Lipinski definition) is 4. The van der Waals surface area contributed by atoms with Gasteiger partial charge >= 0.3 is 0 Å². The van der Waals surface area contributed by atoms with E-state index in [1.165, 1.54) is 0 Å². The number of rotatable bonds is 7. The van der Waals surface area contributed by atoms with Gasteiger partial charge in [0, 0.05) is 18.5 Å². The molecule has 1 saturated heterocycles. The van der Waals surface area contributed by atoms with Crippen molar-refractivity contribution < 1.29 is 18.4 Å². The molecule has 0 bridgehead atoms. The number of hydrogen-bond donors (Lipinski definition) is 1. The Hall–Kier alpha value is -0.706. The van der Waals surface area contributed by atoms with Crippen molar-refractivity contribution in [2.75, 3.05) is 6.54 Å². The van der Waals surface area contributed by atoms with E-state index < -0.39 is 34.3 Å². The lowest BCUT2D eigenvalue weighted by atomic mass is 10.1. The summed E-state index contributed by atoms with van der Waals surface area (Å²) in [6.07, 6.45) is 0.350. The van der Waals surface area contributed by atoms with Crippen LogP contribution in [-0.2, 0) is 18.4 Å². The summed E-state index contributed by atoms with van der Waals surface area (Å²) in [5, 5.41) is 3.10. The minimum Gasteiger partial charge on any atom is -0.409 e. The summed E-state index contributed by atoms with van der Waals surface area (Å²) in [7, 11) is -4.41. The van der Waals surface area contributed by atoms with Crippen LogP contribution in [0, 0.1) is 0 Å². The fourth-order valence-corrected chi connectivity index (χ4v) is 6.09. The van der Waals surface area contributed by atoms with E-state index in [2.05, 4.69) is 73.0 Å². The number of nitrogens with one attached hydrogen (secondary N) is 1. The van der Waals surface area contributed by atoms with Crippen molar-refractivity contribution in [3.8, 4) is 0 Å². The highest BCUT2D eigenvalue weighted by Crippen LogP contribution is 2.43. The van der Waals surface area contributed by atoms with E-state index in [1.807, 2.05) is 27.7 Å². The van der Waals surface area contributed by atoms with Gasteiger partial charge in [-0.1, -0.05) is 48.5 Å². The van der Waals surface area contributed by atoms with Crippen LogP contribution in [0.25, 0.3) is 0 Å². The van der Waals surface area contributed by atoms with Gasteiger partial charge in [-0.15, -0.1) is 0 Å². The molecule has 0 aromatic rings. The zero-order chi connectivity index (χ0) is 26.2.